The van der Waals surface area contributed by atoms with Crippen molar-refractivity contribution in [3.05, 3.63) is 51.2 Å². The minimum absolute atomic E-state index is 0.222. The maximum absolute atomic E-state index is 12.4. The summed E-state index contributed by atoms with van der Waals surface area (Å²) < 4.78 is 5.13. The molecular weight excluding hydrogens is 288 g/mol. The third-order valence-electron chi connectivity index (χ3n) is 3.43. The Morgan fingerprint density at radius 3 is 2.80 bits per heavy atom. The van der Waals surface area contributed by atoms with Crippen molar-refractivity contribution in [1.29, 1.82) is 0 Å². The van der Waals surface area contributed by atoms with E-state index >= 15 is 0 Å². The Morgan fingerprint density at radius 2 is 2.10 bits per heavy atom. The molecule has 2 nitrogen and oxygen atoms in total. The summed E-state index contributed by atoms with van der Waals surface area (Å²) in [6.07, 6.45) is 1.58. The molecule has 1 aliphatic heterocycles. The summed E-state index contributed by atoms with van der Waals surface area (Å²) in [4.78, 5) is 14.7. The molecule has 0 bridgehead atoms. The average molecular weight is 304 g/mol. The van der Waals surface area contributed by atoms with Crippen LogP contribution < -0.4 is 4.74 Å². The van der Waals surface area contributed by atoms with Crippen LogP contribution in [0.25, 0.3) is 0 Å². The lowest BCUT2D eigenvalue weighted by molar-refractivity contribution is 0.0996. The number of fused-ring (bicyclic) bond motifs is 1. The van der Waals surface area contributed by atoms with Gasteiger partial charge in [0.1, 0.15) is 5.75 Å². The van der Waals surface area contributed by atoms with Crippen molar-refractivity contribution < 1.29 is 9.53 Å². The summed E-state index contributed by atoms with van der Waals surface area (Å²) in [6.45, 7) is 0. The Bertz CT molecular complexity index is 590. The number of rotatable bonds is 4. The largest absolute Gasteiger partial charge is 0.497 e. The Kier molecular flexibility index (Phi) is 4.13. The van der Waals surface area contributed by atoms with Crippen LogP contribution in [0, 0.1) is 0 Å². The molecule has 0 atom stereocenters. The minimum Gasteiger partial charge on any atom is -0.497 e. The maximum Gasteiger partial charge on any atom is 0.177 e. The van der Waals surface area contributed by atoms with Gasteiger partial charge in [-0.1, -0.05) is 12.1 Å². The highest BCUT2D eigenvalue weighted by Crippen LogP contribution is 2.32. The Hall–Kier alpha value is -1.26. The number of thiophene rings is 1. The van der Waals surface area contributed by atoms with Gasteiger partial charge in [-0.3, -0.25) is 4.79 Å². The number of aryl methyl sites for hydroxylation is 1. The molecule has 1 aliphatic rings. The van der Waals surface area contributed by atoms with E-state index in [2.05, 4.69) is 6.07 Å². The molecule has 0 spiro atoms. The summed E-state index contributed by atoms with van der Waals surface area (Å²) >= 11 is 3.63. The van der Waals surface area contributed by atoms with Gasteiger partial charge in [0.15, 0.2) is 5.78 Å². The van der Waals surface area contributed by atoms with E-state index in [1.54, 1.807) is 18.4 Å². The highest BCUT2D eigenvalue weighted by atomic mass is 32.2. The zero-order valence-corrected chi connectivity index (χ0v) is 13.0. The lowest BCUT2D eigenvalue weighted by Gasteiger charge is -2.08. The van der Waals surface area contributed by atoms with E-state index in [4.69, 9.17) is 4.74 Å². The Morgan fingerprint density at radius 1 is 1.30 bits per heavy atom. The van der Waals surface area contributed by atoms with Crippen molar-refractivity contribution >= 4 is 28.9 Å². The third kappa shape index (κ3) is 2.91. The number of hydrogen-bond acceptors (Lipinski definition) is 4. The quantitative estimate of drug-likeness (QED) is 0.800. The predicted molar refractivity (Wildman–Crippen MR) is 85.2 cm³/mol. The van der Waals surface area contributed by atoms with Crippen LogP contribution in [-0.2, 0) is 18.6 Å². The predicted octanol–water partition coefficient (Wildman–Crippen LogP) is 3.97. The topological polar surface area (TPSA) is 26.3 Å². The zero-order chi connectivity index (χ0) is 13.9. The normalized spacial score (nSPS) is 13.8. The van der Waals surface area contributed by atoms with Gasteiger partial charge in [-0.25, -0.2) is 0 Å². The molecular formula is C16H16O2S2. The van der Waals surface area contributed by atoms with Crippen LogP contribution in [0.15, 0.2) is 30.3 Å². The van der Waals surface area contributed by atoms with Crippen LogP contribution in [0.2, 0.25) is 0 Å². The van der Waals surface area contributed by atoms with Crippen LogP contribution in [0.4, 0.5) is 0 Å². The van der Waals surface area contributed by atoms with E-state index in [0.717, 1.165) is 28.4 Å². The molecule has 1 aromatic carbocycles. The van der Waals surface area contributed by atoms with Gasteiger partial charge in [0, 0.05) is 17.1 Å². The Balaban J connectivity index is 1.73. The fourth-order valence-corrected chi connectivity index (χ4v) is 4.61. The second kappa shape index (κ2) is 6.02. The van der Waals surface area contributed by atoms with E-state index in [-0.39, 0.29) is 5.78 Å². The Labute approximate surface area is 127 Å². The molecule has 1 aromatic heterocycles. The first-order chi connectivity index (χ1) is 9.76. The zero-order valence-electron chi connectivity index (χ0n) is 11.3. The first kappa shape index (κ1) is 13.7. The number of ketones is 1. The molecule has 0 amide bonds. The minimum atomic E-state index is 0.222. The van der Waals surface area contributed by atoms with Gasteiger partial charge in [0.05, 0.1) is 12.0 Å². The number of benzene rings is 1. The molecule has 0 aliphatic carbocycles. The molecule has 0 unspecified atom stereocenters. The van der Waals surface area contributed by atoms with Gasteiger partial charge in [0.2, 0.25) is 0 Å². The molecule has 20 heavy (non-hydrogen) atoms. The number of carbonyl (C=O) groups is 1. The second-order valence-corrected chi connectivity index (χ2v) is 7.05. The van der Waals surface area contributed by atoms with Crippen molar-refractivity contribution in [3.8, 4) is 5.75 Å². The highest BCUT2D eigenvalue weighted by Gasteiger charge is 2.17. The van der Waals surface area contributed by atoms with E-state index in [1.165, 1.54) is 16.2 Å². The van der Waals surface area contributed by atoms with Crippen LogP contribution >= 0.6 is 23.1 Å². The molecule has 2 heterocycles. The number of thioether (sulfide) groups is 1. The fraction of sp³-hybridized carbons (Fsp3) is 0.312. The van der Waals surface area contributed by atoms with E-state index in [9.17, 15) is 4.79 Å². The molecule has 4 heteroatoms. The molecule has 104 valence electrons. The van der Waals surface area contributed by atoms with E-state index in [0.29, 0.717) is 6.42 Å². The van der Waals surface area contributed by atoms with Crippen molar-refractivity contribution in [2.45, 2.75) is 18.6 Å². The summed E-state index contributed by atoms with van der Waals surface area (Å²) in [7, 11) is 1.65. The molecule has 0 radical (unpaired) electrons. The molecule has 0 saturated heterocycles. The monoisotopic (exact) mass is 304 g/mol. The smallest absolute Gasteiger partial charge is 0.177 e. The molecule has 0 N–H and O–H groups in total. The van der Waals surface area contributed by atoms with Crippen molar-refractivity contribution in [2.75, 3.05) is 12.9 Å². The molecule has 2 aromatic rings. The van der Waals surface area contributed by atoms with E-state index in [1.807, 2.05) is 36.0 Å². The first-order valence-electron chi connectivity index (χ1n) is 6.62. The average Bonchev–Trinajstić information content (AvgIpc) is 2.92. The fourth-order valence-electron chi connectivity index (χ4n) is 2.30. The first-order valence-corrected chi connectivity index (χ1v) is 8.59. The molecule has 0 saturated carbocycles. The standard InChI is InChI=1S/C16H16O2S2/c1-18-13-4-2-11(3-5-13)8-14(17)16-9-12-10-19-7-6-15(12)20-16/h2-5,9H,6-8,10H2,1H3. The number of carbonyl (C=O) groups excluding carboxylic acids is 1. The van der Waals surface area contributed by atoms with Gasteiger partial charge in [-0.05, 0) is 41.5 Å². The van der Waals surface area contributed by atoms with Gasteiger partial charge < -0.3 is 4.74 Å². The number of methoxy groups -OCH3 is 1. The number of Topliss-reactive ketones (excluding diaryl/α,β-unsaturated/α-hetero) is 1. The SMILES string of the molecule is COc1ccc(CC(=O)c2cc3c(s2)CCSC3)cc1. The lowest BCUT2D eigenvalue weighted by Crippen LogP contribution is -2.01. The van der Waals surface area contributed by atoms with Crippen molar-refractivity contribution in [2.24, 2.45) is 0 Å². The highest BCUT2D eigenvalue weighted by molar-refractivity contribution is 7.98. The summed E-state index contributed by atoms with van der Waals surface area (Å²) in [5, 5.41) is 0. The summed E-state index contributed by atoms with van der Waals surface area (Å²) in [6, 6.07) is 9.82. The van der Waals surface area contributed by atoms with Crippen molar-refractivity contribution in [3.63, 3.8) is 0 Å². The number of ether oxygens (including phenoxy) is 1. The van der Waals surface area contributed by atoms with Gasteiger partial charge in [0.25, 0.3) is 0 Å². The van der Waals surface area contributed by atoms with Gasteiger partial charge in [-0.2, -0.15) is 11.8 Å². The maximum atomic E-state index is 12.4. The third-order valence-corrected chi connectivity index (χ3v) is 5.71. The lowest BCUT2D eigenvalue weighted by atomic mass is 10.1. The van der Waals surface area contributed by atoms with E-state index < -0.39 is 0 Å². The van der Waals surface area contributed by atoms with Crippen LogP contribution in [0.3, 0.4) is 0 Å². The molecule has 3 rings (SSSR count). The van der Waals surface area contributed by atoms with Crippen molar-refractivity contribution in [1.82, 2.24) is 0 Å². The number of hydrogen-bond donors (Lipinski definition) is 0. The summed E-state index contributed by atoms with van der Waals surface area (Å²) in [5.74, 6) is 3.28. The van der Waals surface area contributed by atoms with Crippen LogP contribution in [0.5, 0.6) is 5.75 Å². The van der Waals surface area contributed by atoms with Gasteiger partial charge >= 0.3 is 0 Å². The summed E-state index contributed by atoms with van der Waals surface area (Å²) in [5.41, 5.74) is 2.40. The van der Waals surface area contributed by atoms with Gasteiger partial charge in [-0.15, -0.1) is 11.3 Å². The van der Waals surface area contributed by atoms with Crippen LogP contribution in [-0.4, -0.2) is 18.6 Å². The second-order valence-electron chi connectivity index (χ2n) is 4.81. The van der Waals surface area contributed by atoms with Crippen LogP contribution in [0.1, 0.15) is 25.7 Å². The molecule has 0 fully saturated rings.